The SMILES string of the molecule is BC(C=CC)(C=CC)SO. The van der Waals surface area contributed by atoms with Crippen LogP contribution in [0.5, 0.6) is 0 Å². The minimum absolute atomic E-state index is 0.247. The molecule has 10 heavy (non-hydrogen) atoms. The van der Waals surface area contributed by atoms with E-state index >= 15 is 0 Å². The van der Waals surface area contributed by atoms with Gasteiger partial charge in [-0.05, 0) is 25.9 Å². The lowest BCUT2D eigenvalue weighted by Gasteiger charge is -2.15. The zero-order chi connectivity index (χ0) is 8.04. The molecule has 1 N–H and O–H groups in total. The van der Waals surface area contributed by atoms with Crippen molar-refractivity contribution in [2.75, 3.05) is 0 Å². The first-order valence-electron chi connectivity index (χ1n) is 3.29. The van der Waals surface area contributed by atoms with Crippen molar-refractivity contribution in [1.82, 2.24) is 0 Å². The van der Waals surface area contributed by atoms with Gasteiger partial charge in [-0.1, -0.05) is 24.3 Å². The Morgan fingerprint density at radius 2 is 1.70 bits per heavy atom. The van der Waals surface area contributed by atoms with E-state index in [0.29, 0.717) is 0 Å². The van der Waals surface area contributed by atoms with Crippen LogP contribution < -0.4 is 0 Å². The highest BCUT2D eigenvalue weighted by Gasteiger charge is 2.15. The molecule has 0 aromatic carbocycles. The Bertz CT molecular complexity index is 131. The van der Waals surface area contributed by atoms with Crippen LogP contribution in [0.25, 0.3) is 0 Å². The summed E-state index contributed by atoms with van der Waals surface area (Å²) in [6.45, 7) is 3.88. The average Bonchev–Trinajstić information content (AvgIpc) is 1.89. The molecule has 0 aromatic heterocycles. The summed E-state index contributed by atoms with van der Waals surface area (Å²) in [6, 6.07) is 0. The first kappa shape index (κ1) is 9.85. The predicted molar refractivity (Wildman–Crippen MR) is 51.1 cm³/mol. The largest absolute Gasteiger partial charge is 0.330 e. The van der Waals surface area contributed by atoms with E-state index in [1.807, 2.05) is 46.0 Å². The van der Waals surface area contributed by atoms with Gasteiger partial charge in [-0.25, -0.2) is 0 Å². The molecular formula is C7H13BOS. The second-order valence-electron chi connectivity index (χ2n) is 2.28. The van der Waals surface area contributed by atoms with Crippen LogP contribution in [0.1, 0.15) is 13.8 Å². The second-order valence-corrected chi connectivity index (χ2v) is 3.34. The molecule has 0 rings (SSSR count). The fourth-order valence-corrected chi connectivity index (χ4v) is 1.17. The Balaban J connectivity index is 4.22. The highest BCUT2D eigenvalue weighted by Crippen LogP contribution is 2.21. The Morgan fingerprint density at radius 3 is 1.90 bits per heavy atom. The monoisotopic (exact) mass is 156 g/mol. The summed E-state index contributed by atoms with van der Waals surface area (Å²) in [6.07, 6.45) is 7.78. The molecule has 0 atom stereocenters. The lowest BCUT2D eigenvalue weighted by atomic mass is 9.85. The van der Waals surface area contributed by atoms with E-state index in [4.69, 9.17) is 4.55 Å². The number of allylic oxidation sites excluding steroid dienone is 2. The van der Waals surface area contributed by atoms with Gasteiger partial charge in [-0.3, -0.25) is 0 Å². The van der Waals surface area contributed by atoms with Crippen LogP contribution in [0.2, 0.25) is 0 Å². The molecule has 0 aliphatic rings. The zero-order valence-electron chi connectivity index (χ0n) is 6.66. The van der Waals surface area contributed by atoms with Gasteiger partial charge in [0, 0.05) is 4.65 Å². The predicted octanol–water partition coefficient (Wildman–Crippen LogP) is 1.67. The van der Waals surface area contributed by atoms with E-state index in [9.17, 15) is 0 Å². The third-order valence-corrected chi connectivity index (χ3v) is 1.86. The maximum absolute atomic E-state index is 8.86. The smallest absolute Gasteiger partial charge is 0.135 e. The van der Waals surface area contributed by atoms with Crippen LogP contribution in [0.4, 0.5) is 0 Å². The van der Waals surface area contributed by atoms with Crippen molar-refractivity contribution in [2.45, 2.75) is 18.5 Å². The Labute approximate surface area is 67.8 Å². The van der Waals surface area contributed by atoms with Gasteiger partial charge >= 0.3 is 0 Å². The summed E-state index contributed by atoms with van der Waals surface area (Å²) < 4.78 is 8.62. The number of hydrogen-bond donors (Lipinski definition) is 1. The summed E-state index contributed by atoms with van der Waals surface area (Å²) in [4.78, 5) is 0. The van der Waals surface area contributed by atoms with Crippen LogP contribution in [-0.2, 0) is 0 Å². The van der Waals surface area contributed by atoms with Crippen LogP contribution >= 0.6 is 12.0 Å². The molecule has 0 saturated carbocycles. The first-order chi connectivity index (χ1) is 4.68. The van der Waals surface area contributed by atoms with E-state index in [-0.39, 0.29) is 4.65 Å². The zero-order valence-corrected chi connectivity index (χ0v) is 7.48. The van der Waals surface area contributed by atoms with Crippen LogP contribution in [0.15, 0.2) is 24.3 Å². The average molecular weight is 156 g/mol. The van der Waals surface area contributed by atoms with Gasteiger partial charge in [0.2, 0.25) is 0 Å². The van der Waals surface area contributed by atoms with Crippen molar-refractivity contribution < 1.29 is 4.55 Å². The Morgan fingerprint density at radius 1 is 1.30 bits per heavy atom. The standard InChI is InChI=1S/C7H13BOS/c1-3-5-7(8,10-9)6-4-2/h3-6,9H,8H2,1-2H3. The fourth-order valence-electron chi connectivity index (χ4n) is 0.778. The van der Waals surface area contributed by atoms with Crippen molar-refractivity contribution in [3.8, 4) is 0 Å². The third kappa shape index (κ3) is 3.13. The summed E-state index contributed by atoms with van der Waals surface area (Å²) in [5.41, 5.74) is 0. The van der Waals surface area contributed by atoms with Gasteiger partial charge in [-0.2, -0.15) is 0 Å². The van der Waals surface area contributed by atoms with Crippen LogP contribution in [-0.4, -0.2) is 17.0 Å². The second kappa shape index (κ2) is 4.64. The van der Waals surface area contributed by atoms with Crippen molar-refractivity contribution in [3.63, 3.8) is 0 Å². The highest BCUT2D eigenvalue weighted by molar-refractivity contribution is 7.96. The van der Waals surface area contributed by atoms with E-state index in [1.54, 1.807) is 0 Å². The topological polar surface area (TPSA) is 20.2 Å². The molecule has 0 spiro atoms. The molecular weight excluding hydrogens is 143 g/mol. The van der Waals surface area contributed by atoms with E-state index < -0.39 is 0 Å². The highest BCUT2D eigenvalue weighted by atomic mass is 32.2. The quantitative estimate of drug-likeness (QED) is 0.381. The fraction of sp³-hybridized carbons (Fsp3) is 0.429. The molecule has 0 bridgehead atoms. The maximum Gasteiger partial charge on any atom is 0.135 e. The van der Waals surface area contributed by atoms with Crippen LogP contribution in [0.3, 0.4) is 0 Å². The van der Waals surface area contributed by atoms with E-state index in [2.05, 4.69) is 0 Å². The molecule has 0 aliphatic carbocycles. The minimum Gasteiger partial charge on any atom is -0.330 e. The third-order valence-electron chi connectivity index (χ3n) is 1.19. The van der Waals surface area contributed by atoms with Crippen molar-refractivity contribution >= 4 is 19.9 Å². The van der Waals surface area contributed by atoms with Crippen LogP contribution in [0, 0.1) is 0 Å². The van der Waals surface area contributed by atoms with Crippen molar-refractivity contribution in [3.05, 3.63) is 24.3 Å². The van der Waals surface area contributed by atoms with E-state index in [0.717, 1.165) is 12.0 Å². The molecule has 0 aliphatic heterocycles. The van der Waals surface area contributed by atoms with E-state index in [1.165, 1.54) is 0 Å². The van der Waals surface area contributed by atoms with Gasteiger partial charge in [0.25, 0.3) is 0 Å². The normalized spacial score (nSPS) is 18.3. The van der Waals surface area contributed by atoms with Crippen molar-refractivity contribution in [1.29, 1.82) is 0 Å². The van der Waals surface area contributed by atoms with Crippen molar-refractivity contribution in [2.24, 2.45) is 0 Å². The molecule has 0 fully saturated rings. The maximum atomic E-state index is 8.86. The molecule has 0 unspecified atom stereocenters. The number of hydrogen-bond acceptors (Lipinski definition) is 2. The Hall–Kier alpha value is -0.145. The first-order valence-corrected chi connectivity index (χ1v) is 4.06. The van der Waals surface area contributed by atoms with Gasteiger partial charge < -0.3 is 4.55 Å². The van der Waals surface area contributed by atoms with Gasteiger partial charge in [0.15, 0.2) is 0 Å². The van der Waals surface area contributed by atoms with Gasteiger partial charge in [-0.15, -0.1) is 0 Å². The summed E-state index contributed by atoms with van der Waals surface area (Å²) in [5, 5.41) is 0. The molecule has 3 heteroatoms. The molecule has 0 heterocycles. The summed E-state index contributed by atoms with van der Waals surface area (Å²) >= 11 is 0.848. The lowest BCUT2D eigenvalue weighted by molar-refractivity contribution is 0.658. The summed E-state index contributed by atoms with van der Waals surface area (Å²) in [7, 11) is 1.96. The minimum atomic E-state index is -0.247. The molecule has 0 aromatic rings. The Kier molecular flexibility index (Phi) is 4.57. The molecule has 0 radical (unpaired) electrons. The summed E-state index contributed by atoms with van der Waals surface area (Å²) in [5.74, 6) is 0. The van der Waals surface area contributed by atoms with Gasteiger partial charge in [0.05, 0.1) is 0 Å². The molecule has 56 valence electrons. The van der Waals surface area contributed by atoms with Gasteiger partial charge in [0.1, 0.15) is 7.85 Å². The number of rotatable bonds is 3. The molecule has 0 amide bonds. The molecule has 0 saturated heterocycles. The molecule has 1 nitrogen and oxygen atoms in total. The lowest BCUT2D eigenvalue weighted by Crippen LogP contribution is -2.17.